The summed E-state index contributed by atoms with van der Waals surface area (Å²) in [6, 6.07) is 10.9. The van der Waals surface area contributed by atoms with Crippen molar-refractivity contribution in [3.8, 4) is 0 Å². The van der Waals surface area contributed by atoms with E-state index in [4.69, 9.17) is 0 Å². The van der Waals surface area contributed by atoms with Gasteiger partial charge in [0.1, 0.15) is 0 Å². The first-order valence-electron chi connectivity index (χ1n) is 8.38. The maximum Gasteiger partial charge on any atom is 0.224 e. The summed E-state index contributed by atoms with van der Waals surface area (Å²) < 4.78 is 0. The lowest BCUT2D eigenvalue weighted by atomic mass is 9.91. The van der Waals surface area contributed by atoms with Gasteiger partial charge in [-0.2, -0.15) is 0 Å². The zero-order chi connectivity index (χ0) is 14.5. The first-order valence-corrected chi connectivity index (χ1v) is 8.38. The minimum absolute atomic E-state index is 0.171. The highest BCUT2D eigenvalue weighted by Crippen LogP contribution is 2.29. The molecule has 3 rings (SSSR count). The predicted molar refractivity (Wildman–Crippen MR) is 85.0 cm³/mol. The molecule has 1 amide bonds. The lowest BCUT2D eigenvalue weighted by Gasteiger charge is -2.26. The summed E-state index contributed by atoms with van der Waals surface area (Å²) in [6.45, 7) is 1.82. The molecule has 2 aliphatic rings. The highest BCUT2D eigenvalue weighted by atomic mass is 16.2. The van der Waals surface area contributed by atoms with Crippen LogP contribution in [-0.4, -0.2) is 25.0 Å². The normalized spacial score (nSPS) is 24.1. The van der Waals surface area contributed by atoms with E-state index in [1.807, 2.05) is 0 Å². The van der Waals surface area contributed by atoms with E-state index in [0.717, 1.165) is 25.9 Å². The van der Waals surface area contributed by atoms with Crippen molar-refractivity contribution in [2.45, 2.75) is 44.6 Å². The third-order valence-corrected chi connectivity index (χ3v) is 5.03. The summed E-state index contributed by atoms with van der Waals surface area (Å²) in [5.74, 6) is 1.08. The van der Waals surface area contributed by atoms with Gasteiger partial charge in [-0.3, -0.25) is 4.79 Å². The highest BCUT2D eigenvalue weighted by Gasteiger charge is 2.29. The molecule has 1 saturated heterocycles. The molecule has 0 aromatic heterocycles. The van der Waals surface area contributed by atoms with Crippen LogP contribution in [0.1, 0.15) is 37.7 Å². The second-order valence-electron chi connectivity index (χ2n) is 6.54. The van der Waals surface area contributed by atoms with Crippen LogP contribution in [0.2, 0.25) is 0 Å². The van der Waals surface area contributed by atoms with E-state index in [9.17, 15) is 4.79 Å². The summed E-state index contributed by atoms with van der Waals surface area (Å²) in [5, 5.41) is 6.66. The number of nitrogens with one attached hydrogen (secondary N) is 2. The minimum atomic E-state index is 0.171. The van der Waals surface area contributed by atoms with E-state index in [1.54, 1.807) is 0 Å². The first kappa shape index (κ1) is 14.6. The van der Waals surface area contributed by atoms with Gasteiger partial charge in [0.2, 0.25) is 5.91 Å². The molecule has 1 aliphatic heterocycles. The number of carbonyl (C=O) groups is 1. The van der Waals surface area contributed by atoms with E-state index in [0.29, 0.717) is 12.0 Å². The van der Waals surface area contributed by atoms with Crippen molar-refractivity contribution >= 4 is 5.91 Å². The molecule has 3 nitrogen and oxygen atoms in total. The van der Waals surface area contributed by atoms with E-state index < -0.39 is 0 Å². The molecule has 3 heteroatoms. The number of benzene rings is 1. The van der Waals surface area contributed by atoms with Gasteiger partial charge in [-0.1, -0.05) is 43.2 Å². The Hall–Kier alpha value is -1.35. The second kappa shape index (κ2) is 7.08. The number of rotatable bonds is 5. The van der Waals surface area contributed by atoms with Crippen LogP contribution < -0.4 is 10.6 Å². The van der Waals surface area contributed by atoms with Gasteiger partial charge in [-0.25, -0.2) is 0 Å². The number of hydrogen-bond acceptors (Lipinski definition) is 2. The van der Waals surface area contributed by atoms with Crippen LogP contribution in [0.4, 0.5) is 0 Å². The Morgan fingerprint density at radius 2 is 1.95 bits per heavy atom. The fraction of sp³-hybridized carbons (Fsp3) is 0.611. The fourth-order valence-electron chi connectivity index (χ4n) is 3.74. The van der Waals surface area contributed by atoms with E-state index in [-0.39, 0.29) is 11.8 Å². The van der Waals surface area contributed by atoms with Crippen LogP contribution >= 0.6 is 0 Å². The molecule has 0 radical (unpaired) electrons. The smallest absolute Gasteiger partial charge is 0.224 e. The SMILES string of the molecule is O=C(N[C@@H](Cc1ccccc1)C1CCCC1)[C@@H]1CCNC1. The molecule has 1 heterocycles. The highest BCUT2D eigenvalue weighted by molar-refractivity contribution is 5.79. The summed E-state index contributed by atoms with van der Waals surface area (Å²) in [4.78, 5) is 12.5. The quantitative estimate of drug-likeness (QED) is 0.873. The van der Waals surface area contributed by atoms with Crippen molar-refractivity contribution in [3.63, 3.8) is 0 Å². The Morgan fingerprint density at radius 1 is 1.19 bits per heavy atom. The molecule has 114 valence electrons. The molecule has 1 aliphatic carbocycles. The molecule has 0 unspecified atom stereocenters. The summed E-state index contributed by atoms with van der Waals surface area (Å²) >= 11 is 0. The zero-order valence-electron chi connectivity index (χ0n) is 12.7. The lowest BCUT2D eigenvalue weighted by Crippen LogP contribution is -2.44. The van der Waals surface area contributed by atoms with Gasteiger partial charge in [0.25, 0.3) is 0 Å². The average molecular weight is 286 g/mol. The van der Waals surface area contributed by atoms with Crippen molar-refractivity contribution in [1.82, 2.24) is 10.6 Å². The molecular formula is C18H26N2O. The van der Waals surface area contributed by atoms with Gasteiger partial charge in [0, 0.05) is 12.6 Å². The molecule has 1 aromatic rings. The lowest BCUT2D eigenvalue weighted by molar-refractivity contribution is -0.125. The molecule has 2 fully saturated rings. The summed E-state index contributed by atoms with van der Waals surface area (Å²) in [6.07, 6.45) is 7.11. The molecule has 2 atom stereocenters. The maximum absolute atomic E-state index is 12.5. The Balaban J connectivity index is 1.65. The molecule has 1 saturated carbocycles. The Bertz CT molecular complexity index is 448. The predicted octanol–water partition coefficient (Wildman–Crippen LogP) is 2.51. The fourth-order valence-corrected chi connectivity index (χ4v) is 3.74. The summed E-state index contributed by atoms with van der Waals surface area (Å²) in [5.41, 5.74) is 1.33. The van der Waals surface area contributed by atoms with Crippen molar-refractivity contribution < 1.29 is 4.79 Å². The van der Waals surface area contributed by atoms with Gasteiger partial charge in [0.15, 0.2) is 0 Å². The van der Waals surface area contributed by atoms with Gasteiger partial charge < -0.3 is 10.6 Å². The first-order chi connectivity index (χ1) is 10.3. The van der Waals surface area contributed by atoms with Gasteiger partial charge in [-0.15, -0.1) is 0 Å². The van der Waals surface area contributed by atoms with Gasteiger partial charge >= 0.3 is 0 Å². The Morgan fingerprint density at radius 3 is 2.62 bits per heavy atom. The molecule has 0 spiro atoms. The van der Waals surface area contributed by atoms with Crippen LogP contribution in [0, 0.1) is 11.8 Å². The van der Waals surface area contributed by atoms with Gasteiger partial charge in [0.05, 0.1) is 5.92 Å². The Kier molecular flexibility index (Phi) is 4.91. The molecule has 1 aromatic carbocycles. The van der Waals surface area contributed by atoms with Crippen molar-refractivity contribution in [1.29, 1.82) is 0 Å². The molecular weight excluding hydrogens is 260 g/mol. The van der Waals surface area contributed by atoms with Crippen LogP contribution in [0.5, 0.6) is 0 Å². The second-order valence-corrected chi connectivity index (χ2v) is 6.54. The third kappa shape index (κ3) is 3.85. The van der Waals surface area contributed by atoms with Gasteiger partial charge in [-0.05, 0) is 43.7 Å². The van der Waals surface area contributed by atoms with Crippen molar-refractivity contribution in [2.24, 2.45) is 11.8 Å². The van der Waals surface area contributed by atoms with E-state index in [1.165, 1.54) is 31.2 Å². The van der Waals surface area contributed by atoms with E-state index in [2.05, 4.69) is 41.0 Å². The standard InChI is InChI=1S/C18H26N2O/c21-18(16-10-11-19-13-16)20-17(15-8-4-5-9-15)12-14-6-2-1-3-7-14/h1-3,6-7,15-17,19H,4-5,8-13H2,(H,20,21)/t16-,17+/m1/s1. The maximum atomic E-state index is 12.5. The Labute approximate surface area is 127 Å². The largest absolute Gasteiger partial charge is 0.352 e. The van der Waals surface area contributed by atoms with Crippen LogP contribution in [0.15, 0.2) is 30.3 Å². The van der Waals surface area contributed by atoms with E-state index >= 15 is 0 Å². The molecule has 0 bridgehead atoms. The van der Waals surface area contributed by atoms with Crippen LogP contribution in [0.25, 0.3) is 0 Å². The number of carbonyl (C=O) groups excluding carboxylic acids is 1. The molecule has 2 N–H and O–H groups in total. The molecule has 21 heavy (non-hydrogen) atoms. The summed E-state index contributed by atoms with van der Waals surface area (Å²) in [7, 11) is 0. The topological polar surface area (TPSA) is 41.1 Å². The average Bonchev–Trinajstić information content (AvgIpc) is 3.21. The number of hydrogen-bond donors (Lipinski definition) is 2. The van der Waals surface area contributed by atoms with Crippen LogP contribution in [-0.2, 0) is 11.2 Å². The third-order valence-electron chi connectivity index (χ3n) is 5.03. The van der Waals surface area contributed by atoms with Crippen molar-refractivity contribution in [3.05, 3.63) is 35.9 Å². The van der Waals surface area contributed by atoms with Crippen LogP contribution in [0.3, 0.4) is 0 Å². The number of amides is 1. The monoisotopic (exact) mass is 286 g/mol. The van der Waals surface area contributed by atoms with Crippen molar-refractivity contribution in [2.75, 3.05) is 13.1 Å². The minimum Gasteiger partial charge on any atom is -0.352 e. The zero-order valence-corrected chi connectivity index (χ0v) is 12.7.